The molecule has 0 aliphatic heterocycles. The zero-order chi connectivity index (χ0) is 14.4. The van der Waals surface area contributed by atoms with Gasteiger partial charge in [0.15, 0.2) is 5.01 Å². The second-order valence-corrected chi connectivity index (χ2v) is 5.09. The molecule has 2 aromatic heterocycles. The van der Waals surface area contributed by atoms with Crippen LogP contribution in [0.25, 0.3) is 10.7 Å². The Labute approximate surface area is 120 Å². The number of hydrogen-bond donors (Lipinski definition) is 1. The summed E-state index contributed by atoms with van der Waals surface area (Å²) in [6, 6.07) is 3.19. The fourth-order valence-electron chi connectivity index (χ4n) is 1.59. The van der Waals surface area contributed by atoms with Crippen molar-refractivity contribution in [2.75, 3.05) is 25.6 Å². The summed E-state index contributed by atoms with van der Waals surface area (Å²) in [5.74, 6) is 0. The average Bonchev–Trinajstić information content (AvgIpc) is 2.91. The van der Waals surface area contributed by atoms with Gasteiger partial charge in [-0.2, -0.15) is 5.10 Å². The van der Waals surface area contributed by atoms with E-state index < -0.39 is 0 Å². The number of hydrogen-bond acceptors (Lipinski definition) is 7. The quantitative estimate of drug-likeness (QED) is 0.774. The summed E-state index contributed by atoms with van der Waals surface area (Å²) in [5, 5.41) is 16.9. The third-order valence-electron chi connectivity index (χ3n) is 2.53. The SMILES string of the molecule is CCCn1nc(-c2nnc(NCCOC)s2)ccc1=O. The maximum Gasteiger partial charge on any atom is 0.266 e. The van der Waals surface area contributed by atoms with Gasteiger partial charge in [-0.05, 0) is 12.5 Å². The Bertz CT molecular complexity index is 610. The number of aromatic nitrogens is 4. The first kappa shape index (κ1) is 14.6. The zero-order valence-electron chi connectivity index (χ0n) is 11.5. The third-order valence-corrected chi connectivity index (χ3v) is 3.43. The highest BCUT2D eigenvalue weighted by atomic mass is 32.1. The van der Waals surface area contributed by atoms with Crippen molar-refractivity contribution in [3.8, 4) is 10.7 Å². The number of anilines is 1. The number of nitrogens with one attached hydrogen (secondary N) is 1. The van der Waals surface area contributed by atoms with Crippen LogP contribution in [0.5, 0.6) is 0 Å². The standard InChI is InChI=1S/C12H17N5O2S/c1-3-7-17-10(18)5-4-9(16-17)11-14-15-12(20-11)13-6-8-19-2/h4-5H,3,6-8H2,1-2H3,(H,13,15). The van der Waals surface area contributed by atoms with Crippen molar-refractivity contribution < 1.29 is 4.74 Å². The Kier molecular flexibility index (Phi) is 5.19. The lowest BCUT2D eigenvalue weighted by molar-refractivity contribution is 0.211. The van der Waals surface area contributed by atoms with Crippen LogP contribution in [0.2, 0.25) is 0 Å². The van der Waals surface area contributed by atoms with Crippen LogP contribution in [0.15, 0.2) is 16.9 Å². The second kappa shape index (κ2) is 7.11. The topological polar surface area (TPSA) is 81.9 Å². The molecule has 8 heteroatoms. The van der Waals surface area contributed by atoms with Gasteiger partial charge in [0.05, 0.1) is 6.61 Å². The first-order valence-electron chi connectivity index (χ1n) is 6.39. The molecule has 0 bridgehead atoms. The largest absolute Gasteiger partial charge is 0.383 e. The first-order chi connectivity index (χ1) is 9.74. The van der Waals surface area contributed by atoms with E-state index in [1.54, 1.807) is 13.2 Å². The van der Waals surface area contributed by atoms with Crippen molar-refractivity contribution in [1.29, 1.82) is 0 Å². The fourth-order valence-corrected chi connectivity index (χ4v) is 2.33. The van der Waals surface area contributed by atoms with Crippen LogP contribution in [-0.4, -0.2) is 40.2 Å². The molecule has 0 amide bonds. The van der Waals surface area contributed by atoms with Crippen molar-refractivity contribution in [1.82, 2.24) is 20.0 Å². The van der Waals surface area contributed by atoms with Crippen molar-refractivity contribution in [2.24, 2.45) is 0 Å². The molecular formula is C12H17N5O2S. The minimum Gasteiger partial charge on any atom is -0.383 e. The maximum atomic E-state index is 11.6. The molecule has 1 N–H and O–H groups in total. The summed E-state index contributed by atoms with van der Waals surface area (Å²) < 4.78 is 6.41. The van der Waals surface area contributed by atoms with E-state index in [1.807, 2.05) is 6.92 Å². The second-order valence-electron chi connectivity index (χ2n) is 4.11. The van der Waals surface area contributed by atoms with Crippen molar-refractivity contribution in [3.63, 3.8) is 0 Å². The molecule has 0 saturated carbocycles. The Balaban J connectivity index is 2.15. The number of ether oxygens (including phenoxy) is 1. The van der Waals surface area contributed by atoms with Gasteiger partial charge in [-0.3, -0.25) is 4.79 Å². The van der Waals surface area contributed by atoms with Gasteiger partial charge in [0.1, 0.15) is 5.69 Å². The summed E-state index contributed by atoms with van der Waals surface area (Å²) in [6.07, 6.45) is 0.857. The highest BCUT2D eigenvalue weighted by molar-refractivity contribution is 7.18. The van der Waals surface area contributed by atoms with Crippen LogP contribution < -0.4 is 10.9 Å². The molecule has 108 valence electrons. The molecule has 0 aromatic carbocycles. The van der Waals surface area contributed by atoms with Crippen LogP contribution in [0.4, 0.5) is 5.13 Å². The molecule has 0 saturated heterocycles. The van der Waals surface area contributed by atoms with Gasteiger partial charge in [-0.25, -0.2) is 4.68 Å². The fraction of sp³-hybridized carbons (Fsp3) is 0.500. The maximum absolute atomic E-state index is 11.6. The molecule has 2 heterocycles. The van der Waals surface area contributed by atoms with Gasteiger partial charge < -0.3 is 10.1 Å². The van der Waals surface area contributed by atoms with E-state index in [1.165, 1.54) is 22.1 Å². The van der Waals surface area contributed by atoms with Gasteiger partial charge in [-0.1, -0.05) is 18.3 Å². The van der Waals surface area contributed by atoms with Gasteiger partial charge in [-0.15, -0.1) is 10.2 Å². The first-order valence-corrected chi connectivity index (χ1v) is 7.21. The smallest absolute Gasteiger partial charge is 0.266 e. The number of methoxy groups -OCH3 is 1. The number of rotatable bonds is 7. The number of nitrogens with zero attached hydrogens (tertiary/aromatic N) is 4. The molecule has 7 nitrogen and oxygen atoms in total. The van der Waals surface area contributed by atoms with E-state index in [0.717, 1.165) is 6.42 Å². The highest BCUT2D eigenvalue weighted by Crippen LogP contribution is 2.23. The van der Waals surface area contributed by atoms with E-state index in [2.05, 4.69) is 20.6 Å². The van der Waals surface area contributed by atoms with Crippen LogP contribution in [-0.2, 0) is 11.3 Å². The van der Waals surface area contributed by atoms with E-state index >= 15 is 0 Å². The lowest BCUT2D eigenvalue weighted by atomic mass is 10.4. The van der Waals surface area contributed by atoms with Crippen LogP contribution >= 0.6 is 11.3 Å². The molecule has 0 unspecified atom stereocenters. The van der Waals surface area contributed by atoms with Gasteiger partial charge in [0.2, 0.25) is 5.13 Å². The molecule has 2 aromatic rings. The Morgan fingerprint density at radius 1 is 1.40 bits per heavy atom. The van der Waals surface area contributed by atoms with Gasteiger partial charge in [0.25, 0.3) is 5.56 Å². The van der Waals surface area contributed by atoms with E-state index in [9.17, 15) is 4.79 Å². The van der Waals surface area contributed by atoms with Gasteiger partial charge >= 0.3 is 0 Å². The summed E-state index contributed by atoms with van der Waals surface area (Å²) >= 11 is 1.40. The molecule has 2 rings (SSSR count). The van der Waals surface area contributed by atoms with E-state index in [0.29, 0.717) is 35.5 Å². The monoisotopic (exact) mass is 295 g/mol. The van der Waals surface area contributed by atoms with Crippen LogP contribution in [0.3, 0.4) is 0 Å². The van der Waals surface area contributed by atoms with E-state index in [4.69, 9.17) is 4.74 Å². The molecule has 0 spiro atoms. The summed E-state index contributed by atoms with van der Waals surface area (Å²) in [4.78, 5) is 11.6. The van der Waals surface area contributed by atoms with Crippen LogP contribution in [0.1, 0.15) is 13.3 Å². The van der Waals surface area contributed by atoms with Gasteiger partial charge in [0, 0.05) is 26.3 Å². The predicted octanol–water partition coefficient (Wildman–Crippen LogP) is 1.23. The van der Waals surface area contributed by atoms with Crippen molar-refractivity contribution in [3.05, 3.63) is 22.5 Å². The molecular weight excluding hydrogens is 278 g/mol. The minimum atomic E-state index is -0.0986. The summed E-state index contributed by atoms with van der Waals surface area (Å²) in [7, 11) is 1.65. The molecule has 0 aliphatic carbocycles. The predicted molar refractivity (Wildman–Crippen MR) is 78.1 cm³/mol. The van der Waals surface area contributed by atoms with Crippen molar-refractivity contribution in [2.45, 2.75) is 19.9 Å². The van der Waals surface area contributed by atoms with Crippen molar-refractivity contribution >= 4 is 16.5 Å². The highest BCUT2D eigenvalue weighted by Gasteiger charge is 2.09. The molecule has 0 atom stereocenters. The minimum absolute atomic E-state index is 0.0986. The molecule has 0 radical (unpaired) electrons. The number of aryl methyl sites for hydroxylation is 1. The Morgan fingerprint density at radius 2 is 2.25 bits per heavy atom. The third kappa shape index (κ3) is 3.61. The lowest BCUT2D eigenvalue weighted by Crippen LogP contribution is -2.21. The van der Waals surface area contributed by atoms with Crippen LogP contribution in [0, 0.1) is 0 Å². The molecule has 20 heavy (non-hydrogen) atoms. The zero-order valence-corrected chi connectivity index (χ0v) is 12.3. The molecule has 0 fully saturated rings. The lowest BCUT2D eigenvalue weighted by Gasteiger charge is -2.02. The Morgan fingerprint density at radius 3 is 3.00 bits per heavy atom. The average molecular weight is 295 g/mol. The summed E-state index contributed by atoms with van der Waals surface area (Å²) in [6.45, 7) is 3.89. The van der Waals surface area contributed by atoms with E-state index in [-0.39, 0.29) is 5.56 Å². The molecule has 0 aliphatic rings. The Hall–Kier alpha value is -1.80. The summed E-state index contributed by atoms with van der Waals surface area (Å²) in [5.41, 5.74) is 0.564. The normalized spacial score (nSPS) is 10.7.